The molecule has 0 aliphatic rings. The van der Waals surface area contributed by atoms with Crippen molar-refractivity contribution in [2.75, 3.05) is 18.4 Å². The van der Waals surface area contributed by atoms with Gasteiger partial charge in [0, 0.05) is 10.2 Å². The summed E-state index contributed by atoms with van der Waals surface area (Å²) in [7, 11) is 0. The SMILES string of the molecule is CCNCC(=O)Nc1ccc(Br)cc1. The Bertz CT molecular complexity index is 297. The molecule has 14 heavy (non-hydrogen) atoms. The smallest absolute Gasteiger partial charge is 0.238 e. The van der Waals surface area contributed by atoms with Crippen LogP contribution >= 0.6 is 15.9 Å². The Morgan fingerprint density at radius 1 is 1.36 bits per heavy atom. The Kier molecular flexibility index (Phi) is 4.62. The average molecular weight is 257 g/mol. The quantitative estimate of drug-likeness (QED) is 0.866. The van der Waals surface area contributed by atoms with E-state index in [0.717, 1.165) is 16.7 Å². The van der Waals surface area contributed by atoms with Crippen molar-refractivity contribution >= 4 is 27.5 Å². The van der Waals surface area contributed by atoms with Crippen molar-refractivity contribution in [2.45, 2.75) is 6.92 Å². The van der Waals surface area contributed by atoms with Gasteiger partial charge in [-0.3, -0.25) is 4.79 Å². The number of anilines is 1. The number of carbonyl (C=O) groups is 1. The number of hydrogen-bond donors (Lipinski definition) is 2. The second-order valence-electron chi connectivity index (χ2n) is 2.84. The molecule has 0 aliphatic carbocycles. The lowest BCUT2D eigenvalue weighted by Gasteiger charge is -2.05. The van der Waals surface area contributed by atoms with Crippen LogP contribution in [-0.4, -0.2) is 19.0 Å². The summed E-state index contributed by atoms with van der Waals surface area (Å²) in [5.41, 5.74) is 0.816. The first kappa shape index (κ1) is 11.2. The summed E-state index contributed by atoms with van der Waals surface area (Å²) < 4.78 is 1.00. The van der Waals surface area contributed by atoms with E-state index in [1.807, 2.05) is 31.2 Å². The molecule has 76 valence electrons. The minimum Gasteiger partial charge on any atom is -0.325 e. The van der Waals surface area contributed by atoms with Crippen molar-refractivity contribution in [2.24, 2.45) is 0 Å². The molecule has 0 bridgehead atoms. The summed E-state index contributed by atoms with van der Waals surface area (Å²) in [4.78, 5) is 11.3. The molecule has 0 unspecified atom stereocenters. The van der Waals surface area contributed by atoms with Gasteiger partial charge >= 0.3 is 0 Å². The first-order chi connectivity index (χ1) is 6.72. The normalized spacial score (nSPS) is 9.86. The van der Waals surface area contributed by atoms with Crippen molar-refractivity contribution in [3.8, 4) is 0 Å². The maximum Gasteiger partial charge on any atom is 0.238 e. The molecule has 3 nitrogen and oxygen atoms in total. The standard InChI is InChI=1S/C10H13BrN2O/c1-2-12-7-10(14)13-9-5-3-8(11)4-6-9/h3-6,12H,2,7H2,1H3,(H,13,14). The van der Waals surface area contributed by atoms with Crippen LogP contribution in [0.2, 0.25) is 0 Å². The highest BCUT2D eigenvalue weighted by Crippen LogP contribution is 2.13. The number of rotatable bonds is 4. The Hall–Kier alpha value is -0.870. The van der Waals surface area contributed by atoms with E-state index in [2.05, 4.69) is 26.6 Å². The fourth-order valence-corrected chi connectivity index (χ4v) is 1.24. The van der Waals surface area contributed by atoms with Crippen LogP contribution in [0.25, 0.3) is 0 Å². The third kappa shape index (κ3) is 3.89. The molecule has 4 heteroatoms. The predicted octanol–water partition coefficient (Wildman–Crippen LogP) is 2.00. The highest BCUT2D eigenvalue weighted by molar-refractivity contribution is 9.10. The molecule has 0 saturated heterocycles. The zero-order valence-electron chi connectivity index (χ0n) is 8.01. The number of likely N-dealkylation sites (N-methyl/N-ethyl adjacent to an activating group) is 1. The fraction of sp³-hybridized carbons (Fsp3) is 0.300. The van der Waals surface area contributed by atoms with Crippen LogP contribution in [0.3, 0.4) is 0 Å². The second kappa shape index (κ2) is 5.78. The molecule has 0 heterocycles. The minimum atomic E-state index is -0.0193. The summed E-state index contributed by atoms with van der Waals surface area (Å²) >= 11 is 3.33. The van der Waals surface area contributed by atoms with E-state index >= 15 is 0 Å². The Balaban J connectivity index is 2.44. The second-order valence-corrected chi connectivity index (χ2v) is 3.75. The number of nitrogens with one attached hydrogen (secondary N) is 2. The van der Waals surface area contributed by atoms with Crippen LogP contribution in [0.4, 0.5) is 5.69 Å². The van der Waals surface area contributed by atoms with E-state index in [0.29, 0.717) is 6.54 Å². The zero-order chi connectivity index (χ0) is 10.4. The number of hydrogen-bond acceptors (Lipinski definition) is 2. The number of amides is 1. The van der Waals surface area contributed by atoms with Crippen LogP contribution in [0, 0.1) is 0 Å². The number of carbonyl (C=O) groups excluding carboxylic acids is 1. The van der Waals surface area contributed by atoms with Crippen LogP contribution in [0.15, 0.2) is 28.7 Å². The maximum atomic E-state index is 11.3. The molecular weight excluding hydrogens is 244 g/mol. The van der Waals surface area contributed by atoms with Gasteiger partial charge in [-0.05, 0) is 30.8 Å². The zero-order valence-corrected chi connectivity index (χ0v) is 9.60. The molecule has 0 fully saturated rings. The first-order valence-corrected chi connectivity index (χ1v) is 5.28. The van der Waals surface area contributed by atoms with Gasteiger partial charge in [-0.25, -0.2) is 0 Å². The molecule has 2 N–H and O–H groups in total. The summed E-state index contributed by atoms with van der Waals surface area (Å²) in [5.74, 6) is -0.0193. The highest BCUT2D eigenvalue weighted by atomic mass is 79.9. The van der Waals surface area contributed by atoms with Crippen LogP contribution in [0.1, 0.15) is 6.92 Å². The third-order valence-corrected chi connectivity index (χ3v) is 2.19. The molecule has 1 aromatic carbocycles. The number of halogens is 1. The van der Waals surface area contributed by atoms with E-state index in [4.69, 9.17) is 0 Å². The van der Waals surface area contributed by atoms with E-state index < -0.39 is 0 Å². The average Bonchev–Trinajstić information content (AvgIpc) is 2.18. The van der Waals surface area contributed by atoms with Gasteiger partial charge < -0.3 is 10.6 Å². The first-order valence-electron chi connectivity index (χ1n) is 4.48. The van der Waals surface area contributed by atoms with E-state index in [1.54, 1.807) is 0 Å². The lowest BCUT2D eigenvalue weighted by Crippen LogP contribution is -2.27. The van der Waals surface area contributed by atoms with Gasteiger partial charge in [-0.1, -0.05) is 22.9 Å². The topological polar surface area (TPSA) is 41.1 Å². The molecule has 1 aromatic rings. The molecular formula is C10H13BrN2O. The highest BCUT2D eigenvalue weighted by Gasteiger charge is 1.99. The molecule has 1 rings (SSSR count). The molecule has 0 radical (unpaired) electrons. The molecule has 0 aromatic heterocycles. The van der Waals surface area contributed by atoms with Gasteiger partial charge in [0.2, 0.25) is 5.91 Å². The monoisotopic (exact) mass is 256 g/mol. The minimum absolute atomic E-state index is 0.0193. The van der Waals surface area contributed by atoms with Gasteiger partial charge in [0.1, 0.15) is 0 Å². The van der Waals surface area contributed by atoms with Crippen molar-refractivity contribution < 1.29 is 4.79 Å². The van der Waals surface area contributed by atoms with E-state index in [-0.39, 0.29) is 5.91 Å². The lowest BCUT2D eigenvalue weighted by molar-refractivity contribution is -0.115. The predicted molar refractivity (Wildman–Crippen MR) is 61.3 cm³/mol. The molecule has 0 spiro atoms. The molecule has 0 saturated carbocycles. The third-order valence-electron chi connectivity index (χ3n) is 1.66. The van der Waals surface area contributed by atoms with Gasteiger partial charge in [0.15, 0.2) is 0 Å². The lowest BCUT2D eigenvalue weighted by atomic mass is 10.3. The molecule has 1 amide bonds. The summed E-state index contributed by atoms with van der Waals surface area (Å²) in [6.07, 6.45) is 0. The molecule has 0 atom stereocenters. The van der Waals surface area contributed by atoms with E-state index in [9.17, 15) is 4.79 Å². The van der Waals surface area contributed by atoms with Gasteiger partial charge in [-0.2, -0.15) is 0 Å². The van der Waals surface area contributed by atoms with Gasteiger partial charge in [0.25, 0.3) is 0 Å². The summed E-state index contributed by atoms with van der Waals surface area (Å²) in [5, 5.41) is 5.74. The maximum absolute atomic E-state index is 11.3. The van der Waals surface area contributed by atoms with Crippen LogP contribution < -0.4 is 10.6 Å². The van der Waals surface area contributed by atoms with Crippen molar-refractivity contribution in [3.05, 3.63) is 28.7 Å². The van der Waals surface area contributed by atoms with Gasteiger partial charge in [-0.15, -0.1) is 0 Å². The summed E-state index contributed by atoms with van der Waals surface area (Å²) in [6.45, 7) is 3.12. The summed E-state index contributed by atoms with van der Waals surface area (Å²) in [6, 6.07) is 7.49. The van der Waals surface area contributed by atoms with Crippen molar-refractivity contribution in [1.82, 2.24) is 5.32 Å². The van der Waals surface area contributed by atoms with Crippen molar-refractivity contribution in [3.63, 3.8) is 0 Å². The van der Waals surface area contributed by atoms with Crippen molar-refractivity contribution in [1.29, 1.82) is 0 Å². The fourth-order valence-electron chi connectivity index (χ4n) is 0.977. The number of benzene rings is 1. The Labute approximate surface area is 92.0 Å². The Morgan fingerprint density at radius 3 is 2.57 bits per heavy atom. The van der Waals surface area contributed by atoms with E-state index in [1.165, 1.54) is 0 Å². The van der Waals surface area contributed by atoms with Crippen LogP contribution in [-0.2, 0) is 4.79 Å². The van der Waals surface area contributed by atoms with Crippen LogP contribution in [0.5, 0.6) is 0 Å². The largest absolute Gasteiger partial charge is 0.325 e. The van der Waals surface area contributed by atoms with Gasteiger partial charge in [0.05, 0.1) is 6.54 Å². The molecule has 0 aliphatic heterocycles. The Morgan fingerprint density at radius 2 is 2.00 bits per heavy atom.